The molecule has 154 valence electrons. The van der Waals surface area contributed by atoms with Crippen LogP contribution >= 0.6 is 11.6 Å². The molecule has 0 aliphatic carbocycles. The number of hydrogen-bond donors (Lipinski definition) is 2. The molecule has 6 heteroatoms. The molecule has 1 unspecified atom stereocenters. The molecule has 2 N–H and O–H groups in total. The van der Waals surface area contributed by atoms with Gasteiger partial charge in [-0.2, -0.15) is 0 Å². The average Bonchev–Trinajstić information content (AvgIpc) is 3.23. The molecule has 29 heavy (non-hydrogen) atoms. The molecule has 1 aliphatic rings. The van der Waals surface area contributed by atoms with Gasteiger partial charge in [-0.3, -0.25) is 9.59 Å². The van der Waals surface area contributed by atoms with Gasteiger partial charge in [-0.25, -0.2) is 0 Å². The molecule has 2 aromatic rings. The van der Waals surface area contributed by atoms with E-state index in [-0.39, 0.29) is 24.4 Å². The van der Waals surface area contributed by atoms with Crippen molar-refractivity contribution in [3.05, 3.63) is 63.7 Å². The quantitative estimate of drug-likeness (QED) is 0.733. The van der Waals surface area contributed by atoms with Crippen LogP contribution in [-0.2, 0) is 4.79 Å². The van der Waals surface area contributed by atoms with Gasteiger partial charge in [-0.1, -0.05) is 29.8 Å². The summed E-state index contributed by atoms with van der Waals surface area (Å²) in [5.41, 5.74) is 4.62. The van der Waals surface area contributed by atoms with Crippen molar-refractivity contribution in [2.45, 2.75) is 39.7 Å². The third-order valence-electron chi connectivity index (χ3n) is 5.45. The number of anilines is 1. The Bertz CT molecular complexity index is 907. The smallest absolute Gasteiger partial charge is 0.255 e. The largest absolute Gasteiger partial charge is 0.375 e. The van der Waals surface area contributed by atoms with E-state index in [1.807, 2.05) is 17.9 Å². The van der Waals surface area contributed by atoms with E-state index in [4.69, 9.17) is 11.6 Å². The van der Waals surface area contributed by atoms with Crippen LogP contribution in [0.2, 0.25) is 5.02 Å². The van der Waals surface area contributed by atoms with Crippen LogP contribution in [0.15, 0.2) is 36.4 Å². The number of amides is 2. The zero-order valence-corrected chi connectivity index (χ0v) is 18.0. The van der Waals surface area contributed by atoms with E-state index >= 15 is 0 Å². The molecule has 0 aromatic heterocycles. The number of carbonyl (C=O) groups excluding carboxylic acids is 2. The molecule has 5 nitrogen and oxygen atoms in total. The SMILES string of the molecule is Cc1ccc(C(C)NC(=O)CNc2cc(Cl)ccc2C(=O)N2CCCC2)cc1C. The Morgan fingerprint density at radius 2 is 1.79 bits per heavy atom. The van der Waals surface area contributed by atoms with E-state index in [0.29, 0.717) is 16.3 Å². The molecule has 0 spiro atoms. The first kappa shape index (κ1) is 21.2. The Morgan fingerprint density at radius 1 is 1.07 bits per heavy atom. The number of nitrogens with zero attached hydrogens (tertiary/aromatic N) is 1. The monoisotopic (exact) mass is 413 g/mol. The second-order valence-corrected chi connectivity index (χ2v) is 8.11. The third kappa shape index (κ3) is 5.30. The molecule has 2 amide bonds. The number of nitrogens with one attached hydrogen (secondary N) is 2. The zero-order valence-electron chi connectivity index (χ0n) is 17.2. The van der Waals surface area contributed by atoms with Gasteiger partial charge in [0.05, 0.1) is 18.2 Å². The summed E-state index contributed by atoms with van der Waals surface area (Å²) in [6, 6.07) is 11.2. The van der Waals surface area contributed by atoms with Crippen LogP contribution in [-0.4, -0.2) is 36.3 Å². The van der Waals surface area contributed by atoms with Crippen molar-refractivity contribution in [2.75, 3.05) is 25.0 Å². The maximum Gasteiger partial charge on any atom is 0.255 e. The summed E-state index contributed by atoms with van der Waals surface area (Å²) in [7, 11) is 0. The van der Waals surface area contributed by atoms with E-state index in [0.717, 1.165) is 31.5 Å². The Balaban J connectivity index is 1.64. The molecule has 1 fully saturated rings. The summed E-state index contributed by atoms with van der Waals surface area (Å²) in [6.07, 6.45) is 2.06. The fraction of sp³-hybridized carbons (Fsp3) is 0.391. The number of halogens is 1. The van der Waals surface area contributed by atoms with Gasteiger partial charge in [0.25, 0.3) is 5.91 Å². The maximum atomic E-state index is 12.8. The highest BCUT2D eigenvalue weighted by Gasteiger charge is 2.22. The topological polar surface area (TPSA) is 61.4 Å². The molecule has 1 heterocycles. The minimum absolute atomic E-state index is 0.0226. The van der Waals surface area contributed by atoms with Crippen LogP contribution < -0.4 is 10.6 Å². The molecule has 1 atom stereocenters. The van der Waals surface area contributed by atoms with Crippen molar-refractivity contribution < 1.29 is 9.59 Å². The van der Waals surface area contributed by atoms with Gasteiger partial charge in [0.1, 0.15) is 0 Å². The van der Waals surface area contributed by atoms with Gasteiger partial charge < -0.3 is 15.5 Å². The molecule has 3 rings (SSSR count). The van der Waals surface area contributed by atoms with Crippen LogP contribution in [0.4, 0.5) is 5.69 Å². The fourth-order valence-electron chi connectivity index (χ4n) is 3.53. The number of benzene rings is 2. The van der Waals surface area contributed by atoms with Crippen molar-refractivity contribution in [3.8, 4) is 0 Å². The summed E-state index contributed by atoms with van der Waals surface area (Å²) in [6.45, 7) is 7.70. The predicted octanol–water partition coefficient (Wildman–Crippen LogP) is 4.48. The Labute approximate surface area is 177 Å². The van der Waals surface area contributed by atoms with Gasteiger partial charge in [0.15, 0.2) is 0 Å². The van der Waals surface area contributed by atoms with E-state index < -0.39 is 0 Å². The lowest BCUT2D eigenvalue weighted by Gasteiger charge is -2.19. The first-order chi connectivity index (χ1) is 13.8. The second-order valence-electron chi connectivity index (χ2n) is 7.68. The number of hydrogen-bond acceptors (Lipinski definition) is 3. The van der Waals surface area contributed by atoms with Crippen LogP contribution in [0.1, 0.15) is 52.9 Å². The normalized spacial score (nSPS) is 14.6. The maximum absolute atomic E-state index is 12.8. The molecule has 0 bridgehead atoms. The Hall–Kier alpha value is -2.53. The summed E-state index contributed by atoms with van der Waals surface area (Å²) in [4.78, 5) is 27.1. The molecular weight excluding hydrogens is 386 g/mol. The van der Waals surface area contributed by atoms with Crippen molar-refractivity contribution in [3.63, 3.8) is 0 Å². The molecule has 2 aromatic carbocycles. The first-order valence-corrected chi connectivity index (χ1v) is 10.4. The third-order valence-corrected chi connectivity index (χ3v) is 5.69. The zero-order chi connectivity index (χ0) is 21.0. The standard InChI is InChI=1S/C23H28ClN3O2/c1-15-6-7-18(12-16(15)2)17(3)26-22(28)14-25-21-13-19(24)8-9-20(21)23(29)27-10-4-5-11-27/h6-9,12-13,17,25H,4-5,10-11,14H2,1-3H3,(H,26,28). The highest BCUT2D eigenvalue weighted by molar-refractivity contribution is 6.31. The van der Waals surface area contributed by atoms with Gasteiger partial charge in [0, 0.05) is 23.8 Å². The molecular formula is C23H28ClN3O2. The summed E-state index contributed by atoms with van der Waals surface area (Å²) >= 11 is 6.12. The van der Waals surface area contributed by atoms with Crippen LogP contribution in [0, 0.1) is 13.8 Å². The Morgan fingerprint density at radius 3 is 2.48 bits per heavy atom. The first-order valence-electron chi connectivity index (χ1n) is 10.0. The van der Waals surface area contributed by atoms with Gasteiger partial charge in [-0.05, 0) is 68.5 Å². The van der Waals surface area contributed by atoms with Gasteiger partial charge in [-0.15, -0.1) is 0 Å². The van der Waals surface area contributed by atoms with Crippen LogP contribution in [0.3, 0.4) is 0 Å². The molecule has 1 aliphatic heterocycles. The number of rotatable bonds is 6. The van der Waals surface area contributed by atoms with E-state index in [9.17, 15) is 9.59 Å². The average molecular weight is 414 g/mol. The predicted molar refractivity (Wildman–Crippen MR) is 118 cm³/mol. The van der Waals surface area contributed by atoms with E-state index in [2.05, 4.69) is 36.6 Å². The highest BCUT2D eigenvalue weighted by Crippen LogP contribution is 2.24. The molecule has 0 radical (unpaired) electrons. The molecule has 1 saturated heterocycles. The highest BCUT2D eigenvalue weighted by atomic mass is 35.5. The lowest BCUT2D eigenvalue weighted by molar-refractivity contribution is -0.120. The van der Waals surface area contributed by atoms with Gasteiger partial charge in [0.2, 0.25) is 5.91 Å². The van der Waals surface area contributed by atoms with Gasteiger partial charge >= 0.3 is 0 Å². The van der Waals surface area contributed by atoms with Crippen molar-refractivity contribution >= 4 is 29.1 Å². The van der Waals surface area contributed by atoms with Crippen molar-refractivity contribution in [2.24, 2.45) is 0 Å². The van der Waals surface area contributed by atoms with Crippen molar-refractivity contribution in [1.82, 2.24) is 10.2 Å². The van der Waals surface area contributed by atoms with Crippen molar-refractivity contribution in [1.29, 1.82) is 0 Å². The number of carbonyl (C=O) groups is 2. The summed E-state index contributed by atoms with van der Waals surface area (Å²) in [5, 5.41) is 6.62. The Kier molecular flexibility index (Phi) is 6.80. The minimum atomic E-state index is -0.143. The minimum Gasteiger partial charge on any atom is -0.375 e. The fourth-order valence-corrected chi connectivity index (χ4v) is 3.70. The lowest BCUT2D eigenvalue weighted by atomic mass is 10.0. The molecule has 0 saturated carbocycles. The number of likely N-dealkylation sites (tertiary alicyclic amines) is 1. The summed E-state index contributed by atoms with van der Waals surface area (Å²) < 4.78 is 0. The summed E-state index contributed by atoms with van der Waals surface area (Å²) in [5.74, 6) is -0.166. The lowest BCUT2D eigenvalue weighted by Crippen LogP contribution is -2.33. The van der Waals surface area contributed by atoms with Crippen LogP contribution in [0.5, 0.6) is 0 Å². The van der Waals surface area contributed by atoms with Crippen LogP contribution in [0.25, 0.3) is 0 Å². The van der Waals surface area contributed by atoms with E-state index in [1.165, 1.54) is 11.1 Å². The second kappa shape index (κ2) is 9.31. The number of aryl methyl sites for hydroxylation is 2. The van der Waals surface area contributed by atoms with E-state index in [1.54, 1.807) is 18.2 Å².